The van der Waals surface area contributed by atoms with Crippen LogP contribution in [-0.2, 0) is 15.6 Å². The molecule has 7 aromatic carbocycles. The van der Waals surface area contributed by atoms with Crippen molar-refractivity contribution in [3.63, 3.8) is 0 Å². The van der Waals surface area contributed by atoms with Crippen molar-refractivity contribution < 1.29 is 4.74 Å². The Kier molecular flexibility index (Phi) is 7.63. The molecule has 1 atom stereocenters. The summed E-state index contributed by atoms with van der Waals surface area (Å²) < 4.78 is 9.06. The molecule has 56 heavy (non-hydrogen) atoms. The van der Waals surface area contributed by atoms with Crippen LogP contribution in [0.25, 0.3) is 55.5 Å². The Labute approximate surface area is 329 Å². The number of hydrogen-bond donors (Lipinski definition) is 1. The summed E-state index contributed by atoms with van der Waals surface area (Å²) in [6, 6.07) is 57.4. The fourth-order valence-corrected chi connectivity index (χ4v) is 9.43. The van der Waals surface area contributed by atoms with E-state index >= 15 is 0 Å². The Bertz CT molecular complexity index is 2920. The number of para-hydroxylation sites is 2. The van der Waals surface area contributed by atoms with Gasteiger partial charge in [-0.1, -0.05) is 143 Å². The van der Waals surface area contributed by atoms with E-state index in [9.17, 15) is 5.41 Å². The second-order valence-corrected chi connectivity index (χ2v) is 16.4. The van der Waals surface area contributed by atoms with Gasteiger partial charge in [0.25, 0.3) is 0 Å². The summed E-state index contributed by atoms with van der Waals surface area (Å²) in [6.07, 6.45) is 0.827. The van der Waals surface area contributed by atoms with Crippen molar-refractivity contribution in [2.24, 2.45) is 0 Å². The molecule has 0 fully saturated rings. The van der Waals surface area contributed by atoms with Gasteiger partial charge in [-0.25, -0.2) is 0 Å². The number of nitrogens with zero attached hydrogens (tertiary/aromatic N) is 1. The van der Waals surface area contributed by atoms with Gasteiger partial charge in [-0.3, -0.25) is 5.41 Å². The molecular weight excluding hydrogens is 681 g/mol. The van der Waals surface area contributed by atoms with Crippen molar-refractivity contribution in [1.29, 1.82) is 5.41 Å². The molecule has 10 rings (SSSR count). The lowest BCUT2D eigenvalue weighted by molar-refractivity contribution is 0.497. The molecule has 1 unspecified atom stereocenters. The van der Waals surface area contributed by atoms with Gasteiger partial charge in [0.2, 0.25) is 5.90 Å². The number of allylic oxidation sites excluding steroid dienone is 1. The first-order valence-corrected chi connectivity index (χ1v) is 19.7. The maximum atomic E-state index is 9.53. The largest absolute Gasteiger partial charge is 0.438 e. The van der Waals surface area contributed by atoms with Gasteiger partial charge in [0.05, 0.1) is 16.4 Å². The van der Waals surface area contributed by atoms with E-state index in [-0.39, 0.29) is 11.3 Å². The first kappa shape index (κ1) is 34.1. The fourth-order valence-electron chi connectivity index (χ4n) is 9.43. The van der Waals surface area contributed by atoms with E-state index in [0.29, 0.717) is 0 Å². The minimum absolute atomic E-state index is 0.0507. The molecule has 1 heterocycles. The van der Waals surface area contributed by atoms with Crippen LogP contribution in [-0.4, -0.2) is 10.5 Å². The highest BCUT2D eigenvalue weighted by molar-refractivity contribution is 6.12. The zero-order valence-corrected chi connectivity index (χ0v) is 32.6. The van der Waals surface area contributed by atoms with Crippen molar-refractivity contribution in [3.8, 4) is 27.9 Å². The molecule has 2 aliphatic carbocycles. The van der Waals surface area contributed by atoms with Gasteiger partial charge >= 0.3 is 0 Å². The van der Waals surface area contributed by atoms with Gasteiger partial charge < -0.3 is 9.30 Å². The molecule has 0 bridgehead atoms. The van der Waals surface area contributed by atoms with Crippen LogP contribution >= 0.6 is 0 Å². The van der Waals surface area contributed by atoms with Gasteiger partial charge in [-0.05, 0) is 117 Å². The number of benzene rings is 7. The quantitative estimate of drug-likeness (QED) is 0.107. The fraction of sp³-hybridized carbons (Fsp3) is 0.151. The van der Waals surface area contributed by atoms with Crippen LogP contribution in [0.15, 0.2) is 163 Å². The highest BCUT2D eigenvalue weighted by Gasteiger charge is 2.52. The van der Waals surface area contributed by atoms with Gasteiger partial charge in [0, 0.05) is 27.6 Å². The average molecular weight is 725 g/mol. The van der Waals surface area contributed by atoms with Gasteiger partial charge in [-0.15, -0.1) is 0 Å². The van der Waals surface area contributed by atoms with Crippen molar-refractivity contribution >= 4 is 33.5 Å². The molecule has 272 valence electrons. The molecule has 2 aliphatic rings. The minimum Gasteiger partial charge on any atom is -0.438 e. The van der Waals surface area contributed by atoms with Crippen LogP contribution in [0.5, 0.6) is 0 Å². The van der Waals surface area contributed by atoms with E-state index in [1.165, 1.54) is 71.9 Å². The number of fused-ring (bicyclic) bond motifs is 13. The van der Waals surface area contributed by atoms with Crippen molar-refractivity contribution in [2.75, 3.05) is 0 Å². The van der Waals surface area contributed by atoms with Gasteiger partial charge in [0.1, 0.15) is 5.76 Å². The Morgan fingerprint density at radius 3 is 1.86 bits per heavy atom. The van der Waals surface area contributed by atoms with Crippen molar-refractivity contribution in [3.05, 3.63) is 202 Å². The molecule has 3 nitrogen and oxygen atoms in total. The SMILES string of the molecule is CCC(C)=C(OC(=N)c1ccc2c(c1)C1(c3ccccc3-2)c2ccccc2-c2cc3c4ccccc4n(-c4ccccc4)c3cc21)c1ccc(C(C)(C)C)cc1. The molecule has 1 N–H and O–H groups in total. The second kappa shape index (κ2) is 12.5. The highest BCUT2D eigenvalue weighted by Crippen LogP contribution is 2.63. The molecule has 0 amide bonds. The van der Waals surface area contributed by atoms with Crippen LogP contribution < -0.4 is 0 Å². The number of nitrogens with one attached hydrogen (secondary N) is 1. The molecular formula is C53H44N2O. The summed E-state index contributed by atoms with van der Waals surface area (Å²) in [5.41, 5.74) is 17.0. The Morgan fingerprint density at radius 1 is 0.571 bits per heavy atom. The van der Waals surface area contributed by atoms with Crippen LogP contribution in [0.1, 0.15) is 80.0 Å². The molecule has 1 aromatic heterocycles. The highest BCUT2D eigenvalue weighted by atomic mass is 16.5. The Morgan fingerprint density at radius 2 is 1.16 bits per heavy atom. The van der Waals surface area contributed by atoms with Gasteiger partial charge in [0.15, 0.2) is 0 Å². The maximum Gasteiger partial charge on any atom is 0.219 e. The summed E-state index contributed by atoms with van der Waals surface area (Å²) in [4.78, 5) is 0. The standard InChI is InChI=1S/C53H44N2O/c1-6-33(2)50(34-24-27-36(28-25-34)52(3,4)5)56-51(54)35-26-29-40-38-18-10-13-21-44(38)53(46(40)30-35)45-22-14-11-19-39(45)42-31-43-41-20-12-15-23-48(41)55(49(43)32-47(42)53)37-16-8-7-9-17-37/h7-32,54H,6H2,1-5H3. The smallest absolute Gasteiger partial charge is 0.219 e. The number of aromatic nitrogens is 1. The van der Waals surface area contributed by atoms with Gasteiger partial charge in [-0.2, -0.15) is 0 Å². The predicted molar refractivity (Wildman–Crippen MR) is 233 cm³/mol. The zero-order chi connectivity index (χ0) is 38.3. The third kappa shape index (κ3) is 4.86. The average Bonchev–Trinajstić information content (AvgIpc) is 3.82. The van der Waals surface area contributed by atoms with E-state index in [1.807, 2.05) is 0 Å². The number of ether oxygens (including phenoxy) is 1. The molecule has 0 saturated carbocycles. The Balaban J connectivity index is 1.19. The lowest BCUT2D eigenvalue weighted by Crippen LogP contribution is -2.26. The van der Waals surface area contributed by atoms with Crippen LogP contribution in [0.3, 0.4) is 0 Å². The molecule has 0 aliphatic heterocycles. The summed E-state index contributed by atoms with van der Waals surface area (Å²) in [5, 5.41) is 12.0. The third-order valence-electron chi connectivity index (χ3n) is 12.3. The summed E-state index contributed by atoms with van der Waals surface area (Å²) in [5.74, 6) is 0.900. The Hall–Kier alpha value is -6.45. The van der Waals surface area contributed by atoms with Crippen molar-refractivity contribution in [2.45, 2.75) is 51.9 Å². The monoisotopic (exact) mass is 724 g/mol. The second-order valence-electron chi connectivity index (χ2n) is 16.4. The molecule has 3 heteroatoms. The normalized spacial score (nSPS) is 15.7. The first-order valence-electron chi connectivity index (χ1n) is 19.7. The topological polar surface area (TPSA) is 38.0 Å². The molecule has 0 saturated heterocycles. The molecule has 1 spiro atoms. The predicted octanol–water partition coefficient (Wildman–Crippen LogP) is 13.6. The summed E-state index contributed by atoms with van der Waals surface area (Å²) in [6.45, 7) is 10.9. The van der Waals surface area contributed by atoms with E-state index in [4.69, 9.17) is 4.74 Å². The lowest BCUT2D eigenvalue weighted by Gasteiger charge is -2.31. The molecule has 8 aromatic rings. The van der Waals surface area contributed by atoms with Crippen molar-refractivity contribution in [1.82, 2.24) is 4.57 Å². The zero-order valence-electron chi connectivity index (χ0n) is 32.6. The van der Waals surface area contributed by atoms with Crippen LogP contribution in [0.4, 0.5) is 0 Å². The molecule has 0 radical (unpaired) electrons. The third-order valence-corrected chi connectivity index (χ3v) is 12.3. The summed E-state index contributed by atoms with van der Waals surface area (Å²) in [7, 11) is 0. The van der Waals surface area contributed by atoms with E-state index in [0.717, 1.165) is 34.6 Å². The van der Waals surface area contributed by atoms with E-state index < -0.39 is 5.41 Å². The minimum atomic E-state index is -0.582. The summed E-state index contributed by atoms with van der Waals surface area (Å²) >= 11 is 0. The van der Waals surface area contributed by atoms with E-state index in [1.54, 1.807) is 0 Å². The maximum absolute atomic E-state index is 9.53. The lowest BCUT2D eigenvalue weighted by atomic mass is 9.70. The first-order chi connectivity index (χ1) is 27.2. The number of rotatable bonds is 5. The van der Waals surface area contributed by atoms with E-state index in [2.05, 4.69) is 197 Å². The van der Waals surface area contributed by atoms with Crippen LogP contribution in [0.2, 0.25) is 0 Å². The number of hydrogen-bond acceptors (Lipinski definition) is 2. The van der Waals surface area contributed by atoms with Crippen LogP contribution in [0, 0.1) is 5.41 Å².